The molecular weight excluding hydrogens is 301 g/mol. The number of rotatable bonds is 2. The van der Waals surface area contributed by atoms with Gasteiger partial charge in [0.15, 0.2) is 0 Å². The van der Waals surface area contributed by atoms with E-state index in [9.17, 15) is 0 Å². The number of nitrogens with zero attached hydrogens (tertiary/aromatic N) is 2. The highest BCUT2D eigenvalue weighted by atomic mass is 79.9. The van der Waals surface area contributed by atoms with E-state index in [1.807, 2.05) is 6.07 Å². The number of nitriles is 1. The normalized spacial score (nSPS) is 11.2. The van der Waals surface area contributed by atoms with E-state index in [0.29, 0.717) is 20.7 Å². The Hall–Kier alpha value is -0.760. The second-order valence-electron chi connectivity index (χ2n) is 2.63. The van der Waals surface area contributed by atoms with E-state index in [-0.39, 0.29) is 11.7 Å². The molecule has 0 radical (unpaired) electrons. The minimum absolute atomic E-state index is 0.119. The van der Waals surface area contributed by atoms with Crippen molar-refractivity contribution in [1.82, 2.24) is 0 Å². The van der Waals surface area contributed by atoms with Crippen LogP contribution in [-0.4, -0.2) is 11.7 Å². The monoisotopic (exact) mass is 305 g/mol. The van der Waals surface area contributed by atoms with Crippen LogP contribution in [-0.2, 0) is 0 Å². The maximum absolute atomic E-state index is 8.80. The van der Waals surface area contributed by atoms with Gasteiger partial charge in [0.1, 0.15) is 11.9 Å². The Balaban J connectivity index is 3.26. The molecule has 3 nitrogen and oxygen atoms in total. The average Bonchev–Trinajstić information content (AvgIpc) is 2.21. The minimum atomic E-state index is 0.119. The summed E-state index contributed by atoms with van der Waals surface area (Å²) < 4.78 is 0.624. The van der Waals surface area contributed by atoms with Gasteiger partial charge in [-0.1, -0.05) is 11.6 Å². The fourth-order valence-corrected chi connectivity index (χ4v) is 1.72. The van der Waals surface area contributed by atoms with Crippen molar-refractivity contribution in [2.45, 2.75) is 0 Å². The molecule has 1 aromatic carbocycles. The zero-order valence-electron chi connectivity index (χ0n) is 7.47. The average molecular weight is 307 g/mol. The standard InChI is InChI=1S/C9H6BrCl2N3/c10-6-2-7(12)8(1-5(6)4-13)15-9(14)3-11/h1-2H,3H2,(H2,14,15). The summed E-state index contributed by atoms with van der Waals surface area (Å²) in [5.74, 6) is 0.374. The van der Waals surface area contributed by atoms with Gasteiger partial charge in [0, 0.05) is 4.47 Å². The van der Waals surface area contributed by atoms with Crippen LogP contribution >= 0.6 is 39.1 Å². The number of hydrogen-bond donors (Lipinski definition) is 1. The molecule has 0 amide bonds. The lowest BCUT2D eigenvalue weighted by molar-refractivity contribution is 1.41. The molecule has 0 aromatic heterocycles. The Morgan fingerprint density at radius 3 is 2.80 bits per heavy atom. The van der Waals surface area contributed by atoms with Crippen LogP contribution in [0.25, 0.3) is 0 Å². The van der Waals surface area contributed by atoms with Crippen LogP contribution in [0.15, 0.2) is 21.6 Å². The predicted molar refractivity (Wildman–Crippen MR) is 65.9 cm³/mol. The summed E-state index contributed by atoms with van der Waals surface area (Å²) in [6.07, 6.45) is 0. The van der Waals surface area contributed by atoms with Crippen molar-refractivity contribution < 1.29 is 0 Å². The molecule has 0 unspecified atom stereocenters. The number of halogens is 3. The number of alkyl halides is 1. The largest absolute Gasteiger partial charge is 0.386 e. The SMILES string of the molecule is N#Cc1cc(N=C(N)CCl)c(Cl)cc1Br. The van der Waals surface area contributed by atoms with E-state index in [2.05, 4.69) is 20.9 Å². The fourth-order valence-electron chi connectivity index (χ4n) is 0.894. The summed E-state index contributed by atoms with van der Waals surface area (Å²) in [6, 6.07) is 5.15. The highest BCUT2D eigenvalue weighted by Gasteiger charge is 2.06. The maximum Gasteiger partial charge on any atom is 0.115 e. The van der Waals surface area contributed by atoms with Crippen molar-refractivity contribution in [3.05, 3.63) is 27.2 Å². The molecule has 0 saturated heterocycles. The van der Waals surface area contributed by atoms with Crippen molar-refractivity contribution in [2.24, 2.45) is 10.7 Å². The molecule has 1 rings (SSSR count). The molecule has 78 valence electrons. The lowest BCUT2D eigenvalue weighted by Crippen LogP contribution is -2.12. The Kier molecular flexibility index (Phi) is 4.40. The third-order valence-electron chi connectivity index (χ3n) is 1.56. The highest BCUT2D eigenvalue weighted by Crippen LogP contribution is 2.31. The first-order valence-corrected chi connectivity index (χ1v) is 5.57. The first-order valence-electron chi connectivity index (χ1n) is 3.86. The fraction of sp³-hybridized carbons (Fsp3) is 0.111. The van der Waals surface area contributed by atoms with Gasteiger partial charge in [-0.2, -0.15) is 5.26 Å². The van der Waals surface area contributed by atoms with Crippen LogP contribution in [0, 0.1) is 11.3 Å². The Bertz CT molecular complexity index is 451. The molecule has 0 atom stereocenters. The van der Waals surface area contributed by atoms with Gasteiger partial charge >= 0.3 is 0 Å². The molecule has 0 spiro atoms. The summed E-state index contributed by atoms with van der Waals surface area (Å²) >= 11 is 14.6. The summed E-state index contributed by atoms with van der Waals surface area (Å²) in [5.41, 5.74) is 6.35. The molecule has 2 N–H and O–H groups in total. The highest BCUT2D eigenvalue weighted by molar-refractivity contribution is 9.10. The van der Waals surface area contributed by atoms with Crippen LogP contribution in [0.3, 0.4) is 0 Å². The van der Waals surface area contributed by atoms with Gasteiger partial charge in [-0.05, 0) is 28.1 Å². The predicted octanol–water partition coefficient (Wildman–Crippen LogP) is 3.20. The molecule has 0 heterocycles. The van der Waals surface area contributed by atoms with Crippen LogP contribution in [0.5, 0.6) is 0 Å². The quantitative estimate of drug-likeness (QED) is 0.518. The van der Waals surface area contributed by atoms with Crippen LogP contribution in [0.1, 0.15) is 5.56 Å². The van der Waals surface area contributed by atoms with Gasteiger partial charge in [0.05, 0.1) is 22.2 Å². The second kappa shape index (κ2) is 5.36. The summed E-state index contributed by atoms with van der Waals surface area (Å²) in [5, 5.41) is 9.21. The third-order valence-corrected chi connectivity index (χ3v) is 2.79. The van der Waals surface area contributed by atoms with Crippen molar-refractivity contribution in [2.75, 3.05) is 5.88 Å². The summed E-state index contributed by atoms with van der Waals surface area (Å²) in [4.78, 5) is 3.99. The smallest absolute Gasteiger partial charge is 0.115 e. The number of benzene rings is 1. The van der Waals surface area contributed by atoms with Gasteiger partial charge in [-0.15, -0.1) is 11.6 Å². The van der Waals surface area contributed by atoms with Crippen molar-refractivity contribution in [3.8, 4) is 6.07 Å². The van der Waals surface area contributed by atoms with Crippen LogP contribution < -0.4 is 5.73 Å². The van der Waals surface area contributed by atoms with E-state index in [1.54, 1.807) is 12.1 Å². The molecule has 0 fully saturated rings. The number of amidine groups is 1. The number of nitrogens with two attached hydrogens (primary N) is 1. The maximum atomic E-state index is 8.80. The Morgan fingerprint density at radius 2 is 2.27 bits per heavy atom. The van der Waals surface area contributed by atoms with Crippen molar-refractivity contribution in [3.63, 3.8) is 0 Å². The van der Waals surface area contributed by atoms with E-state index in [1.165, 1.54) is 0 Å². The van der Waals surface area contributed by atoms with Gasteiger partial charge in [0.2, 0.25) is 0 Å². The first kappa shape index (κ1) is 12.3. The minimum Gasteiger partial charge on any atom is -0.386 e. The second-order valence-corrected chi connectivity index (χ2v) is 4.16. The Morgan fingerprint density at radius 1 is 1.60 bits per heavy atom. The van der Waals surface area contributed by atoms with Gasteiger partial charge in [-0.25, -0.2) is 4.99 Å². The van der Waals surface area contributed by atoms with Crippen molar-refractivity contribution >= 4 is 50.7 Å². The summed E-state index contributed by atoms with van der Waals surface area (Å²) in [6.45, 7) is 0. The van der Waals surface area contributed by atoms with Crippen molar-refractivity contribution in [1.29, 1.82) is 5.26 Å². The molecule has 0 aliphatic carbocycles. The van der Waals surface area contributed by atoms with Crippen LogP contribution in [0.2, 0.25) is 5.02 Å². The molecular formula is C9H6BrCl2N3. The van der Waals surface area contributed by atoms with Gasteiger partial charge in [-0.3, -0.25) is 0 Å². The molecule has 0 saturated carbocycles. The topological polar surface area (TPSA) is 62.2 Å². The summed E-state index contributed by atoms with van der Waals surface area (Å²) in [7, 11) is 0. The molecule has 0 aliphatic rings. The first-order chi connectivity index (χ1) is 7.08. The lowest BCUT2D eigenvalue weighted by Gasteiger charge is -2.02. The zero-order chi connectivity index (χ0) is 11.4. The van der Waals surface area contributed by atoms with E-state index >= 15 is 0 Å². The molecule has 0 aliphatic heterocycles. The van der Waals surface area contributed by atoms with E-state index in [4.69, 9.17) is 34.2 Å². The van der Waals surface area contributed by atoms with Gasteiger partial charge < -0.3 is 5.73 Å². The number of hydrogen-bond acceptors (Lipinski definition) is 2. The van der Waals surface area contributed by atoms with E-state index < -0.39 is 0 Å². The molecule has 6 heteroatoms. The van der Waals surface area contributed by atoms with E-state index in [0.717, 1.165) is 0 Å². The molecule has 0 bridgehead atoms. The molecule has 15 heavy (non-hydrogen) atoms. The third kappa shape index (κ3) is 3.10. The lowest BCUT2D eigenvalue weighted by atomic mass is 10.2. The van der Waals surface area contributed by atoms with Crippen LogP contribution in [0.4, 0.5) is 5.69 Å². The zero-order valence-corrected chi connectivity index (χ0v) is 10.6. The molecule has 1 aromatic rings. The number of aliphatic imine (C=N–C) groups is 1. The van der Waals surface area contributed by atoms with Gasteiger partial charge in [0.25, 0.3) is 0 Å². The Labute approximate surface area is 106 Å².